The molecule has 0 aliphatic rings. The quantitative estimate of drug-likeness (QED) is 0.720. The van der Waals surface area contributed by atoms with E-state index in [1.165, 1.54) is 11.1 Å². The zero-order valence-corrected chi connectivity index (χ0v) is 16.2. The standard InChI is InChI=1S/C22H29NO3/c1-16-7-9-19(10-8-16)15-26-22-17(2)12-20(13-18(22)3)14-23(4)11-5-6-21(24)25/h7-10,12-13H,5-6,11,14-15H2,1-4H3,(H,24,25). The summed E-state index contributed by atoms with van der Waals surface area (Å²) in [7, 11) is 2.02. The largest absolute Gasteiger partial charge is 0.488 e. The van der Waals surface area contributed by atoms with E-state index >= 15 is 0 Å². The van der Waals surface area contributed by atoms with Crippen LogP contribution in [0.5, 0.6) is 5.75 Å². The summed E-state index contributed by atoms with van der Waals surface area (Å²) in [6, 6.07) is 12.7. The number of aliphatic carboxylic acids is 1. The van der Waals surface area contributed by atoms with Crippen LogP contribution in [0.1, 0.15) is 40.7 Å². The molecule has 0 unspecified atom stereocenters. The van der Waals surface area contributed by atoms with Crippen LogP contribution in [-0.4, -0.2) is 29.6 Å². The summed E-state index contributed by atoms with van der Waals surface area (Å²) in [6.45, 7) is 8.37. The van der Waals surface area contributed by atoms with Crippen LogP contribution in [0.3, 0.4) is 0 Å². The molecule has 0 heterocycles. The molecule has 0 aromatic heterocycles. The summed E-state index contributed by atoms with van der Waals surface area (Å²) in [4.78, 5) is 12.8. The Kier molecular flexibility index (Phi) is 7.22. The van der Waals surface area contributed by atoms with Crippen LogP contribution in [0.4, 0.5) is 0 Å². The smallest absolute Gasteiger partial charge is 0.303 e. The fourth-order valence-corrected chi connectivity index (χ4v) is 3.09. The highest BCUT2D eigenvalue weighted by atomic mass is 16.5. The van der Waals surface area contributed by atoms with Gasteiger partial charge < -0.3 is 14.7 Å². The highest BCUT2D eigenvalue weighted by Gasteiger charge is 2.09. The first-order valence-electron chi connectivity index (χ1n) is 9.04. The zero-order valence-electron chi connectivity index (χ0n) is 16.2. The monoisotopic (exact) mass is 355 g/mol. The molecule has 0 atom stereocenters. The zero-order chi connectivity index (χ0) is 19.1. The first-order valence-corrected chi connectivity index (χ1v) is 9.04. The molecule has 0 aliphatic heterocycles. The highest BCUT2D eigenvalue weighted by Crippen LogP contribution is 2.26. The Morgan fingerprint density at radius 1 is 1.04 bits per heavy atom. The Balaban J connectivity index is 1.96. The van der Waals surface area contributed by atoms with Gasteiger partial charge in [0.15, 0.2) is 0 Å². The van der Waals surface area contributed by atoms with Crippen molar-refractivity contribution in [2.24, 2.45) is 0 Å². The van der Waals surface area contributed by atoms with E-state index in [1.54, 1.807) is 0 Å². The Bertz CT molecular complexity index is 715. The van der Waals surface area contributed by atoms with Gasteiger partial charge in [0.25, 0.3) is 0 Å². The van der Waals surface area contributed by atoms with Crippen LogP contribution in [0.25, 0.3) is 0 Å². The fraction of sp³-hybridized carbons (Fsp3) is 0.409. The van der Waals surface area contributed by atoms with Crippen molar-refractivity contribution in [3.8, 4) is 5.75 Å². The van der Waals surface area contributed by atoms with E-state index in [4.69, 9.17) is 9.84 Å². The summed E-state index contributed by atoms with van der Waals surface area (Å²) < 4.78 is 6.07. The van der Waals surface area contributed by atoms with Crippen LogP contribution in [-0.2, 0) is 17.9 Å². The SMILES string of the molecule is Cc1ccc(COc2c(C)cc(CN(C)CCCC(=O)O)cc2C)cc1. The van der Waals surface area contributed by atoms with Crippen molar-refractivity contribution < 1.29 is 14.6 Å². The number of ether oxygens (including phenoxy) is 1. The molecule has 1 N–H and O–H groups in total. The summed E-state index contributed by atoms with van der Waals surface area (Å²) >= 11 is 0. The third-order valence-electron chi connectivity index (χ3n) is 4.41. The van der Waals surface area contributed by atoms with Gasteiger partial charge in [-0.05, 0) is 63.0 Å². The molecule has 2 aromatic rings. The van der Waals surface area contributed by atoms with E-state index < -0.39 is 5.97 Å². The number of carboxylic acid groups (broad SMARTS) is 1. The molecule has 2 rings (SSSR count). The van der Waals surface area contributed by atoms with Crippen molar-refractivity contribution in [1.82, 2.24) is 4.90 Å². The van der Waals surface area contributed by atoms with Crippen molar-refractivity contribution in [3.05, 3.63) is 64.2 Å². The topological polar surface area (TPSA) is 49.8 Å². The number of aryl methyl sites for hydroxylation is 3. The first-order chi connectivity index (χ1) is 12.3. The number of nitrogens with zero attached hydrogens (tertiary/aromatic N) is 1. The molecule has 0 spiro atoms. The minimum Gasteiger partial charge on any atom is -0.488 e. The van der Waals surface area contributed by atoms with Crippen molar-refractivity contribution >= 4 is 5.97 Å². The van der Waals surface area contributed by atoms with Crippen LogP contribution in [0.2, 0.25) is 0 Å². The number of hydrogen-bond donors (Lipinski definition) is 1. The second-order valence-electron chi connectivity index (χ2n) is 7.07. The van der Waals surface area contributed by atoms with E-state index in [0.29, 0.717) is 13.0 Å². The lowest BCUT2D eigenvalue weighted by Gasteiger charge is -2.19. The average Bonchev–Trinajstić information content (AvgIpc) is 2.55. The Hall–Kier alpha value is -2.33. The Morgan fingerprint density at radius 3 is 2.23 bits per heavy atom. The van der Waals surface area contributed by atoms with Gasteiger partial charge in [0.1, 0.15) is 12.4 Å². The number of carbonyl (C=O) groups is 1. The van der Waals surface area contributed by atoms with E-state index in [2.05, 4.69) is 62.1 Å². The highest BCUT2D eigenvalue weighted by molar-refractivity contribution is 5.66. The van der Waals surface area contributed by atoms with E-state index in [9.17, 15) is 4.79 Å². The lowest BCUT2D eigenvalue weighted by atomic mass is 10.0. The van der Waals surface area contributed by atoms with Crippen molar-refractivity contribution in [1.29, 1.82) is 0 Å². The van der Waals surface area contributed by atoms with Crippen LogP contribution >= 0.6 is 0 Å². The predicted molar refractivity (Wildman–Crippen MR) is 105 cm³/mol. The van der Waals surface area contributed by atoms with Crippen molar-refractivity contribution in [3.63, 3.8) is 0 Å². The van der Waals surface area contributed by atoms with Crippen molar-refractivity contribution in [2.75, 3.05) is 13.6 Å². The number of hydrogen-bond acceptors (Lipinski definition) is 3. The summed E-state index contributed by atoms with van der Waals surface area (Å²) in [6.07, 6.45) is 0.885. The third kappa shape index (κ3) is 6.19. The van der Waals surface area contributed by atoms with Gasteiger partial charge in [-0.2, -0.15) is 0 Å². The molecule has 0 saturated heterocycles. The van der Waals surface area contributed by atoms with E-state index in [1.807, 2.05) is 7.05 Å². The van der Waals surface area contributed by atoms with Gasteiger partial charge in [-0.25, -0.2) is 0 Å². The third-order valence-corrected chi connectivity index (χ3v) is 4.41. The Morgan fingerprint density at radius 2 is 1.65 bits per heavy atom. The maximum absolute atomic E-state index is 10.6. The minimum atomic E-state index is -0.736. The normalized spacial score (nSPS) is 11.0. The van der Waals surface area contributed by atoms with Gasteiger partial charge in [0, 0.05) is 13.0 Å². The van der Waals surface area contributed by atoms with Crippen LogP contribution < -0.4 is 4.74 Å². The molecular formula is C22H29NO3. The molecule has 140 valence electrons. The lowest BCUT2D eigenvalue weighted by molar-refractivity contribution is -0.137. The summed E-state index contributed by atoms with van der Waals surface area (Å²) in [5, 5.41) is 8.73. The number of carboxylic acids is 1. The van der Waals surface area contributed by atoms with Gasteiger partial charge in [0.2, 0.25) is 0 Å². The molecule has 2 aromatic carbocycles. The van der Waals surface area contributed by atoms with Gasteiger partial charge in [-0.1, -0.05) is 42.0 Å². The molecule has 0 fully saturated rings. The predicted octanol–water partition coefficient (Wildman–Crippen LogP) is 4.49. The molecule has 0 amide bonds. The second kappa shape index (κ2) is 9.39. The second-order valence-corrected chi connectivity index (χ2v) is 7.07. The summed E-state index contributed by atoms with van der Waals surface area (Å²) in [5.41, 5.74) is 5.90. The molecule has 4 nitrogen and oxygen atoms in total. The molecule has 0 radical (unpaired) electrons. The summed E-state index contributed by atoms with van der Waals surface area (Å²) in [5.74, 6) is 0.211. The molecular weight excluding hydrogens is 326 g/mol. The minimum absolute atomic E-state index is 0.216. The molecule has 0 bridgehead atoms. The van der Waals surface area contributed by atoms with Crippen molar-refractivity contribution in [2.45, 2.75) is 46.8 Å². The van der Waals surface area contributed by atoms with Crippen LogP contribution in [0, 0.1) is 20.8 Å². The average molecular weight is 355 g/mol. The first kappa shape index (κ1) is 20.0. The number of rotatable bonds is 9. The van der Waals surface area contributed by atoms with Gasteiger partial charge >= 0.3 is 5.97 Å². The van der Waals surface area contributed by atoms with Crippen LogP contribution in [0.15, 0.2) is 36.4 Å². The maximum atomic E-state index is 10.6. The molecule has 0 aliphatic carbocycles. The van der Waals surface area contributed by atoms with E-state index in [0.717, 1.165) is 35.5 Å². The lowest BCUT2D eigenvalue weighted by Crippen LogP contribution is -2.20. The van der Waals surface area contributed by atoms with Gasteiger partial charge in [-0.3, -0.25) is 4.79 Å². The molecule has 26 heavy (non-hydrogen) atoms. The van der Waals surface area contributed by atoms with Gasteiger partial charge in [0.05, 0.1) is 0 Å². The Labute approximate surface area is 156 Å². The maximum Gasteiger partial charge on any atom is 0.303 e. The molecule has 4 heteroatoms. The fourth-order valence-electron chi connectivity index (χ4n) is 3.09. The van der Waals surface area contributed by atoms with E-state index in [-0.39, 0.29) is 6.42 Å². The van der Waals surface area contributed by atoms with Gasteiger partial charge in [-0.15, -0.1) is 0 Å². The number of benzene rings is 2. The molecule has 0 saturated carbocycles.